The quantitative estimate of drug-likeness (QED) is 0.738. The van der Waals surface area contributed by atoms with Crippen LogP contribution in [0.4, 0.5) is 5.82 Å². The van der Waals surface area contributed by atoms with Gasteiger partial charge in [0.25, 0.3) is 0 Å². The maximum atomic E-state index is 5.55. The fraction of sp³-hybridized carbons (Fsp3) is 0.167. The van der Waals surface area contributed by atoms with Crippen molar-refractivity contribution in [2.45, 2.75) is 5.88 Å². The molecule has 0 aliphatic rings. The molecule has 4 heteroatoms. The number of halogens is 2. The fourth-order valence-electron chi connectivity index (χ4n) is 0.561. The minimum Gasteiger partial charge on any atom is -0.383 e. The molecule has 10 heavy (non-hydrogen) atoms. The number of hydrogen-bond donors (Lipinski definition) is 1. The summed E-state index contributed by atoms with van der Waals surface area (Å²) in [6.07, 6.45) is 1.66. The average Bonchev–Trinajstić information content (AvgIpc) is 1.95. The molecule has 2 nitrogen and oxygen atoms in total. The van der Waals surface area contributed by atoms with Crippen molar-refractivity contribution in [3.05, 3.63) is 22.3 Å². The molecule has 0 saturated carbocycles. The van der Waals surface area contributed by atoms with Gasteiger partial charge < -0.3 is 5.73 Å². The Bertz CT molecular complexity index is 239. The molecule has 0 atom stereocenters. The van der Waals surface area contributed by atoms with Gasteiger partial charge in [0, 0.05) is 12.1 Å². The lowest BCUT2D eigenvalue weighted by Gasteiger charge is -1.97. The zero-order chi connectivity index (χ0) is 7.56. The largest absolute Gasteiger partial charge is 0.383 e. The van der Waals surface area contributed by atoms with E-state index in [4.69, 9.17) is 17.3 Å². The summed E-state index contributed by atoms with van der Waals surface area (Å²) in [6.45, 7) is 0. The highest BCUT2D eigenvalue weighted by atomic mass is 79.9. The first-order chi connectivity index (χ1) is 4.74. The van der Waals surface area contributed by atoms with Crippen LogP contribution in [0.1, 0.15) is 5.56 Å². The van der Waals surface area contributed by atoms with E-state index < -0.39 is 0 Å². The molecule has 0 fully saturated rings. The summed E-state index contributed by atoms with van der Waals surface area (Å²) in [5.41, 5.74) is 6.40. The van der Waals surface area contributed by atoms with Crippen LogP contribution in [-0.4, -0.2) is 4.98 Å². The third-order valence-electron chi connectivity index (χ3n) is 1.08. The van der Waals surface area contributed by atoms with Gasteiger partial charge in [-0.1, -0.05) is 0 Å². The van der Waals surface area contributed by atoms with Crippen molar-refractivity contribution in [3.8, 4) is 0 Å². The van der Waals surface area contributed by atoms with Crippen LogP contribution in [0.25, 0.3) is 0 Å². The number of alkyl halides is 1. The van der Waals surface area contributed by atoms with Gasteiger partial charge in [-0.25, -0.2) is 4.98 Å². The Morgan fingerprint density at radius 3 is 2.90 bits per heavy atom. The monoisotopic (exact) mass is 220 g/mol. The number of aromatic nitrogens is 1. The van der Waals surface area contributed by atoms with Crippen LogP contribution < -0.4 is 5.73 Å². The van der Waals surface area contributed by atoms with E-state index in [1.54, 1.807) is 6.20 Å². The normalized spacial score (nSPS) is 9.80. The van der Waals surface area contributed by atoms with Gasteiger partial charge in [-0.3, -0.25) is 0 Å². The molecule has 0 saturated heterocycles. The Balaban J connectivity index is 3.04. The van der Waals surface area contributed by atoms with Gasteiger partial charge in [0.2, 0.25) is 0 Å². The summed E-state index contributed by atoms with van der Waals surface area (Å²) in [5, 5.41) is 0. The van der Waals surface area contributed by atoms with Gasteiger partial charge >= 0.3 is 0 Å². The molecule has 0 spiro atoms. The first-order valence-corrected chi connectivity index (χ1v) is 4.02. The second-order valence-electron chi connectivity index (χ2n) is 1.84. The molecule has 0 unspecified atom stereocenters. The van der Waals surface area contributed by atoms with E-state index in [2.05, 4.69) is 20.9 Å². The molecule has 2 N–H and O–H groups in total. The Morgan fingerprint density at radius 1 is 1.70 bits per heavy atom. The van der Waals surface area contributed by atoms with Crippen LogP contribution in [0.3, 0.4) is 0 Å². The van der Waals surface area contributed by atoms with Crippen LogP contribution in [0.5, 0.6) is 0 Å². The summed E-state index contributed by atoms with van der Waals surface area (Å²) in [6, 6.07) is 1.86. The van der Waals surface area contributed by atoms with E-state index in [9.17, 15) is 0 Å². The van der Waals surface area contributed by atoms with Crippen LogP contribution in [-0.2, 0) is 5.88 Å². The topological polar surface area (TPSA) is 38.9 Å². The van der Waals surface area contributed by atoms with Crippen molar-refractivity contribution in [2.24, 2.45) is 0 Å². The predicted octanol–water partition coefficient (Wildman–Crippen LogP) is 2.17. The molecule has 1 rings (SSSR count). The molecule has 1 heterocycles. The molecule has 1 aromatic heterocycles. The predicted molar refractivity (Wildman–Crippen MR) is 45.9 cm³/mol. The Kier molecular flexibility index (Phi) is 2.51. The number of nitrogens with two attached hydrogens (primary N) is 1. The fourth-order valence-corrected chi connectivity index (χ4v) is 1.10. The molecular formula is C6H6BrClN2. The first-order valence-electron chi connectivity index (χ1n) is 2.70. The van der Waals surface area contributed by atoms with E-state index in [-0.39, 0.29) is 0 Å². The van der Waals surface area contributed by atoms with Gasteiger partial charge in [0.15, 0.2) is 0 Å². The SMILES string of the molecule is Nc1ncc(CCl)cc1Br. The molecule has 0 radical (unpaired) electrons. The van der Waals surface area contributed by atoms with E-state index in [0.717, 1.165) is 10.0 Å². The lowest BCUT2D eigenvalue weighted by Crippen LogP contribution is -1.91. The molecule has 0 amide bonds. The second-order valence-corrected chi connectivity index (χ2v) is 2.97. The first kappa shape index (κ1) is 7.82. The molecular weight excluding hydrogens is 215 g/mol. The number of rotatable bonds is 1. The van der Waals surface area contributed by atoms with Gasteiger partial charge in [-0.05, 0) is 27.6 Å². The highest BCUT2D eigenvalue weighted by Crippen LogP contribution is 2.18. The molecule has 54 valence electrons. The van der Waals surface area contributed by atoms with Gasteiger partial charge in [0.1, 0.15) is 5.82 Å². The maximum Gasteiger partial charge on any atom is 0.137 e. The lowest BCUT2D eigenvalue weighted by atomic mass is 10.3. The molecule has 1 aromatic rings. The Hall–Kier alpha value is -0.280. The second kappa shape index (κ2) is 3.21. The summed E-state index contributed by atoms with van der Waals surface area (Å²) < 4.78 is 0.797. The zero-order valence-corrected chi connectivity index (χ0v) is 7.48. The average molecular weight is 221 g/mol. The summed E-state index contributed by atoms with van der Waals surface area (Å²) in [4.78, 5) is 3.90. The highest BCUT2D eigenvalue weighted by Gasteiger charge is 1.96. The molecule has 0 aromatic carbocycles. The molecule has 0 aliphatic carbocycles. The lowest BCUT2D eigenvalue weighted by molar-refractivity contribution is 1.24. The molecule has 0 bridgehead atoms. The standard InChI is InChI=1S/C6H6BrClN2/c7-5-1-4(2-8)3-10-6(5)9/h1,3H,2H2,(H2,9,10). The highest BCUT2D eigenvalue weighted by molar-refractivity contribution is 9.10. The van der Waals surface area contributed by atoms with Gasteiger partial charge in [-0.15, -0.1) is 11.6 Å². The van der Waals surface area contributed by atoms with E-state index in [1.165, 1.54) is 0 Å². The minimum atomic E-state index is 0.464. The van der Waals surface area contributed by atoms with Crippen molar-refractivity contribution in [3.63, 3.8) is 0 Å². The van der Waals surface area contributed by atoms with E-state index in [1.807, 2.05) is 6.07 Å². The summed E-state index contributed by atoms with van der Waals surface area (Å²) in [7, 11) is 0. The van der Waals surface area contributed by atoms with E-state index >= 15 is 0 Å². The number of pyridine rings is 1. The Morgan fingerprint density at radius 2 is 2.40 bits per heavy atom. The summed E-state index contributed by atoms with van der Waals surface area (Å²) in [5.74, 6) is 0.958. The van der Waals surface area contributed by atoms with Crippen molar-refractivity contribution < 1.29 is 0 Å². The van der Waals surface area contributed by atoms with Crippen molar-refractivity contribution >= 4 is 33.3 Å². The number of nitrogens with zero attached hydrogens (tertiary/aromatic N) is 1. The number of nitrogen functional groups attached to an aromatic ring is 1. The van der Waals surface area contributed by atoms with Crippen LogP contribution in [0.2, 0.25) is 0 Å². The van der Waals surface area contributed by atoms with Crippen molar-refractivity contribution in [1.29, 1.82) is 0 Å². The van der Waals surface area contributed by atoms with E-state index in [0.29, 0.717) is 11.7 Å². The van der Waals surface area contributed by atoms with Gasteiger partial charge in [-0.2, -0.15) is 0 Å². The van der Waals surface area contributed by atoms with Gasteiger partial charge in [0.05, 0.1) is 4.47 Å². The minimum absolute atomic E-state index is 0.464. The van der Waals surface area contributed by atoms with Crippen LogP contribution >= 0.6 is 27.5 Å². The summed E-state index contributed by atoms with van der Waals surface area (Å²) >= 11 is 8.79. The van der Waals surface area contributed by atoms with Crippen molar-refractivity contribution in [2.75, 3.05) is 5.73 Å². The third kappa shape index (κ3) is 1.61. The Labute approximate surface area is 72.5 Å². The third-order valence-corrected chi connectivity index (χ3v) is 2.02. The smallest absolute Gasteiger partial charge is 0.137 e. The number of anilines is 1. The molecule has 0 aliphatic heterocycles. The zero-order valence-electron chi connectivity index (χ0n) is 5.14. The van der Waals surface area contributed by atoms with Crippen LogP contribution in [0, 0.1) is 0 Å². The maximum absolute atomic E-state index is 5.55. The van der Waals surface area contributed by atoms with Crippen LogP contribution in [0.15, 0.2) is 16.7 Å². The van der Waals surface area contributed by atoms with Crippen molar-refractivity contribution in [1.82, 2.24) is 4.98 Å². The number of hydrogen-bond acceptors (Lipinski definition) is 2.